The number of benzene rings is 1. The molecule has 0 amide bonds. The highest BCUT2D eigenvalue weighted by molar-refractivity contribution is 7.13. The van der Waals surface area contributed by atoms with Crippen molar-refractivity contribution in [1.82, 2.24) is 9.78 Å². The fourth-order valence-electron chi connectivity index (χ4n) is 2.88. The summed E-state index contributed by atoms with van der Waals surface area (Å²) >= 11 is 1.58. The quantitative estimate of drug-likeness (QED) is 0.708. The van der Waals surface area contributed by atoms with Crippen LogP contribution in [0.3, 0.4) is 0 Å². The molecule has 0 spiro atoms. The van der Waals surface area contributed by atoms with Crippen molar-refractivity contribution >= 4 is 17.1 Å². The maximum absolute atomic E-state index is 13.2. The lowest BCUT2D eigenvalue weighted by Crippen LogP contribution is -2.09. The number of fused-ring (bicyclic) bond motifs is 1. The molecule has 0 saturated carbocycles. The Morgan fingerprint density at radius 3 is 2.68 bits per heavy atom. The van der Waals surface area contributed by atoms with Crippen molar-refractivity contribution in [2.45, 2.75) is 19.3 Å². The molecule has 0 aliphatic heterocycles. The molecule has 110 valence electrons. The van der Waals surface area contributed by atoms with Crippen molar-refractivity contribution in [1.29, 1.82) is 0 Å². The van der Waals surface area contributed by atoms with E-state index in [-0.39, 0.29) is 11.6 Å². The lowest BCUT2D eigenvalue weighted by Gasteiger charge is -2.10. The van der Waals surface area contributed by atoms with Crippen LogP contribution in [0, 0.1) is 5.82 Å². The van der Waals surface area contributed by atoms with Gasteiger partial charge in [-0.05, 0) is 48.6 Å². The zero-order chi connectivity index (χ0) is 15.1. The predicted molar refractivity (Wildman–Crippen MR) is 84.1 cm³/mol. The number of aromatic nitrogens is 2. The highest BCUT2D eigenvalue weighted by Crippen LogP contribution is 2.35. The van der Waals surface area contributed by atoms with Crippen LogP contribution in [0.25, 0.3) is 16.3 Å². The predicted octanol–water partition coefficient (Wildman–Crippen LogP) is 4.26. The van der Waals surface area contributed by atoms with Gasteiger partial charge in [-0.15, -0.1) is 11.3 Å². The highest BCUT2D eigenvalue weighted by Gasteiger charge is 2.28. The Morgan fingerprint density at radius 2 is 1.95 bits per heavy atom. The van der Waals surface area contributed by atoms with Crippen LogP contribution in [0.4, 0.5) is 4.39 Å². The number of nitrogens with zero attached hydrogens (tertiary/aromatic N) is 2. The third-order valence-electron chi connectivity index (χ3n) is 3.88. The van der Waals surface area contributed by atoms with Gasteiger partial charge >= 0.3 is 0 Å². The van der Waals surface area contributed by atoms with Crippen LogP contribution >= 0.6 is 11.3 Å². The summed E-state index contributed by atoms with van der Waals surface area (Å²) in [6.07, 6.45) is 2.23. The van der Waals surface area contributed by atoms with Crippen molar-refractivity contribution in [2.24, 2.45) is 0 Å². The average molecular weight is 312 g/mol. The second kappa shape index (κ2) is 5.18. The Labute approximate surface area is 131 Å². The molecule has 0 atom stereocenters. The molecule has 0 unspecified atom stereocenters. The van der Waals surface area contributed by atoms with Gasteiger partial charge in [0.05, 0.1) is 27.5 Å². The minimum Gasteiger partial charge on any atom is -0.294 e. The molecule has 0 fully saturated rings. The number of hydrogen-bond acceptors (Lipinski definition) is 3. The highest BCUT2D eigenvalue weighted by atomic mass is 32.1. The van der Waals surface area contributed by atoms with E-state index in [0.29, 0.717) is 6.42 Å². The fraction of sp³-hybridized carbons (Fsp3) is 0.176. The number of hydrogen-bond donors (Lipinski definition) is 0. The Hall–Kier alpha value is -2.27. The first-order valence-electron chi connectivity index (χ1n) is 7.19. The molecule has 22 heavy (non-hydrogen) atoms. The van der Waals surface area contributed by atoms with Gasteiger partial charge in [-0.25, -0.2) is 9.07 Å². The maximum atomic E-state index is 13.2. The molecule has 1 aliphatic carbocycles. The van der Waals surface area contributed by atoms with Crippen LogP contribution in [0.1, 0.15) is 28.9 Å². The van der Waals surface area contributed by atoms with E-state index >= 15 is 0 Å². The molecule has 1 aromatic carbocycles. The van der Waals surface area contributed by atoms with Gasteiger partial charge in [-0.2, -0.15) is 5.10 Å². The normalized spacial score (nSPS) is 14.1. The fourth-order valence-corrected chi connectivity index (χ4v) is 3.64. The van der Waals surface area contributed by atoms with Gasteiger partial charge < -0.3 is 0 Å². The standard InChI is InChI=1S/C17H13FN2OS/c18-11-6-8-12(9-7-11)20-17(15-5-2-10-22-15)16-13(19-20)3-1-4-14(16)21/h2,5-10H,1,3-4H2. The van der Waals surface area contributed by atoms with E-state index in [9.17, 15) is 9.18 Å². The molecule has 0 bridgehead atoms. The summed E-state index contributed by atoms with van der Waals surface area (Å²) in [6, 6.07) is 10.2. The van der Waals surface area contributed by atoms with Gasteiger partial charge in [0.25, 0.3) is 0 Å². The number of halogens is 1. The number of rotatable bonds is 2. The van der Waals surface area contributed by atoms with E-state index in [2.05, 4.69) is 5.10 Å². The number of aryl methyl sites for hydroxylation is 1. The first-order chi connectivity index (χ1) is 10.7. The summed E-state index contributed by atoms with van der Waals surface area (Å²) in [5.74, 6) is -0.132. The van der Waals surface area contributed by atoms with Crippen molar-refractivity contribution in [3.63, 3.8) is 0 Å². The summed E-state index contributed by atoms with van der Waals surface area (Å²) in [4.78, 5) is 13.4. The first-order valence-corrected chi connectivity index (χ1v) is 8.07. The molecule has 1 aliphatic rings. The molecular weight excluding hydrogens is 299 g/mol. The second-order valence-corrected chi connectivity index (χ2v) is 6.26. The third-order valence-corrected chi connectivity index (χ3v) is 4.76. The van der Waals surface area contributed by atoms with Crippen LogP contribution in [0.15, 0.2) is 41.8 Å². The zero-order valence-corrected chi connectivity index (χ0v) is 12.6. The van der Waals surface area contributed by atoms with Crippen molar-refractivity contribution in [2.75, 3.05) is 0 Å². The smallest absolute Gasteiger partial charge is 0.167 e. The molecule has 0 radical (unpaired) electrons. The molecule has 2 heterocycles. The van der Waals surface area contributed by atoms with Gasteiger partial charge in [0.2, 0.25) is 0 Å². The van der Waals surface area contributed by atoms with E-state index in [4.69, 9.17) is 0 Å². The van der Waals surface area contributed by atoms with Crippen LogP contribution < -0.4 is 0 Å². The number of carbonyl (C=O) groups excluding carboxylic acids is 1. The number of ketones is 1. The third kappa shape index (κ3) is 2.09. The molecule has 0 saturated heterocycles. The maximum Gasteiger partial charge on any atom is 0.167 e. The Bertz CT molecular complexity index is 834. The van der Waals surface area contributed by atoms with Crippen molar-refractivity contribution < 1.29 is 9.18 Å². The number of carbonyl (C=O) groups is 1. The van der Waals surface area contributed by atoms with Gasteiger partial charge in [-0.3, -0.25) is 4.79 Å². The van der Waals surface area contributed by atoms with Gasteiger partial charge in [0.15, 0.2) is 5.78 Å². The van der Waals surface area contributed by atoms with Crippen LogP contribution in [-0.4, -0.2) is 15.6 Å². The molecule has 3 aromatic rings. The minimum atomic E-state index is -0.283. The number of thiophene rings is 1. The van der Waals surface area contributed by atoms with Crippen LogP contribution in [0.5, 0.6) is 0 Å². The van der Waals surface area contributed by atoms with Gasteiger partial charge in [0.1, 0.15) is 5.82 Å². The molecule has 3 nitrogen and oxygen atoms in total. The van der Waals surface area contributed by atoms with E-state index < -0.39 is 0 Å². The first kappa shape index (κ1) is 13.4. The lowest BCUT2D eigenvalue weighted by atomic mass is 9.94. The number of Topliss-reactive ketones (excluding diaryl/α,β-unsaturated/α-hetero) is 1. The zero-order valence-electron chi connectivity index (χ0n) is 11.8. The molecule has 5 heteroatoms. The lowest BCUT2D eigenvalue weighted by molar-refractivity contribution is 0.0973. The van der Waals surface area contributed by atoms with Crippen molar-refractivity contribution in [3.05, 3.63) is 58.9 Å². The molecule has 2 aromatic heterocycles. The van der Waals surface area contributed by atoms with E-state index in [1.807, 2.05) is 17.5 Å². The Morgan fingerprint density at radius 1 is 1.14 bits per heavy atom. The topological polar surface area (TPSA) is 34.9 Å². The minimum absolute atomic E-state index is 0.151. The van der Waals surface area contributed by atoms with Crippen LogP contribution in [0.2, 0.25) is 0 Å². The van der Waals surface area contributed by atoms with E-state index in [0.717, 1.165) is 40.4 Å². The monoisotopic (exact) mass is 312 g/mol. The summed E-state index contributed by atoms with van der Waals surface area (Å²) in [5, 5.41) is 6.62. The van der Waals surface area contributed by atoms with Crippen LogP contribution in [-0.2, 0) is 6.42 Å². The Kier molecular flexibility index (Phi) is 3.15. The SMILES string of the molecule is O=C1CCCc2nn(-c3ccc(F)cc3)c(-c3cccs3)c21. The van der Waals surface area contributed by atoms with E-state index in [1.54, 1.807) is 28.2 Å². The molecule has 4 rings (SSSR count). The van der Waals surface area contributed by atoms with Gasteiger partial charge in [0, 0.05) is 6.42 Å². The average Bonchev–Trinajstić information content (AvgIpc) is 3.15. The summed E-state index contributed by atoms with van der Waals surface area (Å²) in [7, 11) is 0. The molecular formula is C17H13FN2OS. The largest absolute Gasteiger partial charge is 0.294 e. The summed E-state index contributed by atoms with van der Waals surface area (Å²) in [6.45, 7) is 0. The second-order valence-electron chi connectivity index (χ2n) is 5.31. The Balaban J connectivity index is 1.98. The molecule has 0 N–H and O–H groups in total. The van der Waals surface area contributed by atoms with Gasteiger partial charge in [-0.1, -0.05) is 6.07 Å². The summed E-state index contributed by atoms with van der Waals surface area (Å²) in [5.41, 5.74) is 3.19. The van der Waals surface area contributed by atoms with E-state index in [1.165, 1.54) is 12.1 Å². The van der Waals surface area contributed by atoms with Crippen molar-refractivity contribution in [3.8, 4) is 16.3 Å². The summed E-state index contributed by atoms with van der Waals surface area (Å²) < 4.78 is 15.0.